The van der Waals surface area contributed by atoms with Gasteiger partial charge in [0.05, 0.1) is 27.0 Å². The zero-order valence-electron chi connectivity index (χ0n) is 15.4. The van der Waals surface area contributed by atoms with Crippen molar-refractivity contribution in [1.82, 2.24) is 4.90 Å². The SMILES string of the molecule is CC(OC(=O)C1=CN2CCS(=O)(=O)N=C2C=C1)C(=O)Nc1ccc([N+](=O)[O-])cc1Cl. The number of nitro groups is 1. The number of hydrogen-bond acceptors (Lipinski definition) is 8. The van der Waals surface area contributed by atoms with E-state index in [1.54, 1.807) is 0 Å². The molecule has 158 valence electrons. The van der Waals surface area contributed by atoms with Gasteiger partial charge in [-0.2, -0.15) is 0 Å². The van der Waals surface area contributed by atoms with Gasteiger partial charge in [0.15, 0.2) is 6.10 Å². The first-order valence-corrected chi connectivity index (χ1v) is 10.5. The van der Waals surface area contributed by atoms with E-state index < -0.39 is 32.9 Å². The number of carbonyl (C=O) groups excluding carboxylic acids is 2. The van der Waals surface area contributed by atoms with Crippen LogP contribution in [0, 0.1) is 10.1 Å². The summed E-state index contributed by atoms with van der Waals surface area (Å²) in [5.74, 6) is -1.48. The highest BCUT2D eigenvalue weighted by atomic mass is 35.5. The topological polar surface area (TPSA) is 148 Å². The van der Waals surface area contributed by atoms with Crippen LogP contribution in [0.3, 0.4) is 0 Å². The molecule has 30 heavy (non-hydrogen) atoms. The molecule has 0 spiro atoms. The van der Waals surface area contributed by atoms with E-state index in [4.69, 9.17) is 16.3 Å². The minimum absolute atomic E-state index is 0.0409. The van der Waals surface area contributed by atoms with Gasteiger partial charge >= 0.3 is 5.97 Å². The summed E-state index contributed by atoms with van der Waals surface area (Å²) in [5.41, 5.74) is 0.00510. The molecule has 2 heterocycles. The number of ether oxygens (including phenoxy) is 1. The summed E-state index contributed by atoms with van der Waals surface area (Å²) >= 11 is 5.93. The number of esters is 1. The maximum Gasteiger partial charge on any atom is 0.340 e. The molecular formula is C17H15ClN4O7S. The first kappa shape index (κ1) is 21.5. The third-order valence-electron chi connectivity index (χ3n) is 4.13. The van der Waals surface area contributed by atoms with E-state index in [-0.39, 0.29) is 40.1 Å². The van der Waals surface area contributed by atoms with Gasteiger partial charge in [0.1, 0.15) is 5.84 Å². The van der Waals surface area contributed by atoms with Crippen molar-refractivity contribution in [3.05, 3.63) is 57.3 Å². The van der Waals surface area contributed by atoms with Crippen molar-refractivity contribution < 1.29 is 27.7 Å². The molecule has 2 aliphatic rings. The molecule has 1 aromatic carbocycles. The number of halogens is 1. The van der Waals surface area contributed by atoms with E-state index in [2.05, 4.69) is 9.71 Å². The van der Waals surface area contributed by atoms with Crippen LogP contribution in [0.4, 0.5) is 11.4 Å². The Balaban J connectivity index is 1.63. The van der Waals surface area contributed by atoms with Gasteiger partial charge in [-0.15, -0.1) is 4.40 Å². The molecule has 1 N–H and O–H groups in total. The van der Waals surface area contributed by atoms with Crippen LogP contribution < -0.4 is 5.32 Å². The van der Waals surface area contributed by atoms with Crippen LogP contribution in [0.2, 0.25) is 5.02 Å². The minimum Gasteiger partial charge on any atom is -0.449 e. The lowest BCUT2D eigenvalue weighted by Gasteiger charge is -2.27. The van der Waals surface area contributed by atoms with Gasteiger partial charge in [0.2, 0.25) is 0 Å². The Hall–Kier alpha value is -3.25. The number of anilines is 1. The van der Waals surface area contributed by atoms with Gasteiger partial charge < -0.3 is 15.0 Å². The number of hydrogen-bond donors (Lipinski definition) is 1. The Morgan fingerprint density at radius 1 is 1.37 bits per heavy atom. The summed E-state index contributed by atoms with van der Waals surface area (Å²) in [6.07, 6.45) is 2.91. The summed E-state index contributed by atoms with van der Waals surface area (Å²) in [5, 5.41) is 13.1. The zero-order valence-corrected chi connectivity index (χ0v) is 17.0. The first-order valence-electron chi connectivity index (χ1n) is 8.51. The number of sulfonamides is 1. The number of nitrogens with one attached hydrogen (secondary N) is 1. The van der Waals surface area contributed by atoms with Crippen molar-refractivity contribution in [2.45, 2.75) is 13.0 Å². The number of nitro benzene ring substituents is 1. The van der Waals surface area contributed by atoms with Crippen LogP contribution in [0.15, 0.2) is 46.5 Å². The average Bonchev–Trinajstić information content (AvgIpc) is 2.68. The fourth-order valence-electron chi connectivity index (χ4n) is 2.56. The first-order chi connectivity index (χ1) is 14.1. The van der Waals surface area contributed by atoms with Gasteiger partial charge in [-0.1, -0.05) is 11.6 Å². The zero-order chi connectivity index (χ0) is 22.1. The van der Waals surface area contributed by atoms with Gasteiger partial charge in [-0.05, 0) is 25.1 Å². The van der Waals surface area contributed by atoms with Crippen LogP contribution in [-0.4, -0.2) is 54.4 Å². The Bertz CT molecular complexity index is 1130. The van der Waals surface area contributed by atoms with Crippen LogP contribution in [0.5, 0.6) is 0 Å². The van der Waals surface area contributed by atoms with Crippen LogP contribution in [-0.2, 0) is 24.3 Å². The lowest BCUT2D eigenvalue weighted by atomic mass is 10.2. The molecular weight excluding hydrogens is 440 g/mol. The van der Waals surface area contributed by atoms with E-state index in [1.165, 1.54) is 42.3 Å². The second kappa shape index (κ2) is 8.24. The smallest absolute Gasteiger partial charge is 0.340 e. The summed E-state index contributed by atoms with van der Waals surface area (Å²) < 4.78 is 31.8. The van der Waals surface area contributed by atoms with E-state index >= 15 is 0 Å². The Morgan fingerprint density at radius 3 is 2.77 bits per heavy atom. The van der Waals surface area contributed by atoms with Gasteiger partial charge in [-0.3, -0.25) is 14.9 Å². The van der Waals surface area contributed by atoms with Gasteiger partial charge in [0.25, 0.3) is 21.6 Å². The van der Waals surface area contributed by atoms with Crippen molar-refractivity contribution in [2.24, 2.45) is 4.40 Å². The molecule has 1 amide bonds. The largest absolute Gasteiger partial charge is 0.449 e. The van der Waals surface area contributed by atoms with Crippen molar-refractivity contribution >= 4 is 50.7 Å². The standard InChI is InChI=1S/C17H15ClN4O7S/c1-10(16(23)19-14-4-3-12(22(25)26)8-13(14)18)29-17(24)11-2-5-15-20-30(27,28)7-6-21(15)9-11/h2-5,8-10H,6-7H2,1H3,(H,19,23). The molecule has 0 radical (unpaired) electrons. The monoisotopic (exact) mass is 454 g/mol. The predicted molar refractivity (Wildman–Crippen MR) is 107 cm³/mol. The molecule has 1 unspecified atom stereocenters. The minimum atomic E-state index is -3.51. The van der Waals surface area contributed by atoms with Crippen LogP contribution in [0.25, 0.3) is 0 Å². The highest BCUT2D eigenvalue weighted by Gasteiger charge is 2.27. The molecule has 0 bridgehead atoms. The number of carbonyl (C=O) groups is 2. The molecule has 0 saturated heterocycles. The lowest BCUT2D eigenvalue weighted by molar-refractivity contribution is -0.384. The lowest BCUT2D eigenvalue weighted by Crippen LogP contribution is -2.37. The summed E-state index contributed by atoms with van der Waals surface area (Å²) in [4.78, 5) is 36.2. The molecule has 1 atom stereocenters. The molecule has 0 aromatic heterocycles. The van der Waals surface area contributed by atoms with E-state index in [1.807, 2.05) is 0 Å². The number of rotatable bonds is 5. The molecule has 0 aliphatic carbocycles. The number of amidine groups is 1. The maximum atomic E-state index is 12.3. The van der Waals surface area contributed by atoms with Crippen molar-refractivity contribution in [3.63, 3.8) is 0 Å². The molecule has 1 aromatic rings. The van der Waals surface area contributed by atoms with Crippen LogP contribution >= 0.6 is 11.6 Å². The maximum absolute atomic E-state index is 12.3. The van der Waals surface area contributed by atoms with E-state index in [0.717, 1.165) is 6.07 Å². The van der Waals surface area contributed by atoms with Gasteiger partial charge in [0, 0.05) is 24.9 Å². The Kier molecular flexibility index (Phi) is 5.89. The summed E-state index contributed by atoms with van der Waals surface area (Å²) in [7, 11) is -3.51. The number of nitrogens with zero attached hydrogens (tertiary/aromatic N) is 3. The van der Waals surface area contributed by atoms with Crippen molar-refractivity contribution in [2.75, 3.05) is 17.6 Å². The predicted octanol–water partition coefficient (Wildman–Crippen LogP) is 1.62. The average molecular weight is 455 g/mol. The fourth-order valence-corrected chi connectivity index (χ4v) is 3.75. The van der Waals surface area contributed by atoms with Crippen molar-refractivity contribution in [1.29, 1.82) is 0 Å². The second-order valence-corrected chi connectivity index (χ2v) is 8.47. The number of benzene rings is 1. The van der Waals surface area contributed by atoms with Crippen LogP contribution in [0.1, 0.15) is 6.92 Å². The molecule has 0 fully saturated rings. The number of amides is 1. The van der Waals surface area contributed by atoms with Crippen molar-refractivity contribution in [3.8, 4) is 0 Å². The second-order valence-electron chi connectivity index (χ2n) is 6.30. The quantitative estimate of drug-likeness (QED) is 0.400. The fraction of sp³-hybridized carbons (Fsp3) is 0.235. The third kappa shape index (κ3) is 4.83. The third-order valence-corrected chi connectivity index (χ3v) is 5.61. The molecule has 3 rings (SSSR count). The normalized spacial score (nSPS) is 17.9. The Morgan fingerprint density at radius 2 is 2.10 bits per heavy atom. The molecule has 13 heteroatoms. The number of non-ortho nitro benzene ring substituents is 1. The highest BCUT2D eigenvalue weighted by molar-refractivity contribution is 7.90. The molecule has 2 aliphatic heterocycles. The summed E-state index contributed by atoms with van der Waals surface area (Å²) in [6.45, 7) is 1.48. The number of fused-ring (bicyclic) bond motifs is 1. The molecule has 0 saturated carbocycles. The van der Waals surface area contributed by atoms with E-state index in [9.17, 15) is 28.1 Å². The summed E-state index contributed by atoms with van der Waals surface area (Å²) in [6, 6.07) is 3.53. The van der Waals surface area contributed by atoms with E-state index in [0.29, 0.717) is 0 Å². The highest BCUT2D eigenvalue weighted by Crippen LogP contribution is 2.27. The van der Waals surface area contributed by atoms with Gasteiger partial charge in [-0.25, -0.2) is 13.2 Å². The Labute approximate surface area is 175 Å². The molecule has 11 nitrogen and oxygen atoms in total.